The highest BCUT2D eigenvalue weighted by molar-refractivity contribution is 7.98. The molecule has 0 bridgehead atoms. The number of hydrogen-bond donors (Lipinski definition) is 2. The molecule has 0 saturated heterocycles. The van der Waals surface area contributed by atoms with Crippen LogP contribution in [0.2, 0.25) is 0 Å². The molecule has 116 valence electrons. The normalized spacial score (nSPS) is 11.9. The summed E-state index contributed by atoms with van der Waals surface area (Å²) in [6, 6.07) is 11.9. The summed E-state index contributed by atoms with van der Waals surface area (Å²) in [7, 11) is 0. The summed E-state index contributed by atoms with van der Waals surface area (Å²) in [6.45, 7) is 1.79. The van der Waals surface area contributed by atoms with Crippen LogP contribution in [0.15, 0.2) is 48.8 Å². The van der Waals surface area contributed by atoms with E-state index in [2.05, 4.69) is 22.4 Å². The number of pyridine rings is 1. The minimum Gasteiger partial charge on any atom is -0.392 e. The molecule has 1 atom stereocenters. The van der Waals surface area contributed by atoms with Crippen molar-refractivity contribution < 1.29 is 9.90 Å². The number of carbonyl (C=O) groups excluding carboxylic acids is 1. The molecule has 0 aliphatic rings. The van der Waals surface area contributed by atoms with Crippen LogP contribution < -0.4 is 5.32 Å². The van der Waals surface area contributed by atoms with Gasteiger partial charge in [0.2, 0.25) is 5.91 Å². The monoisotopic (exact) mass is 316 g/mol. The van der Waals surface area contributed by atoms with Gasteiger partial charge in [-0.25, -0.2) is 0 Å². The van der Waals surface area contributed by atoms with Crippen molar-refractivity contribution in [2.75, 3.05) is 11.1 Å². The quantitative estimate of drug-likeness (QED) is 0.824. The first-order valence-electron chi connectivity index (χ1n) is 7.17. The molecule has 0 saturated carbocycles. The molecule has 2 N–H and O–H groups in total. The number of rotatable bonds is 7. The number of aliphatic hydroxyl groups excluding tert-OH is 1. The number of benzene rings is 1. The molecule has 0 aliphatic heterocycles. The molecule has 1 aromatic heterocycles. The van der Waals surface area contributed by atoms with Crippen molar-refractivity contribution in [1.82, 2.24) is 4.98 Å². The maximum atomic E-state index is 12.2. The van der Waals surface area contributed by atoms with Crippen molar-refractivity contribution >= 4 is 23.4 Å². The summed E-state index contributed by atoms with van der Waals surface area (Å²) in [4.78, 5) is 16.2. The fraction of sp³-hybridized carbons (Fsp3) is 0.294. The van der Waals surface area contributed by atoms with Crippen molar-refractivity contribution in [3.8, 4) is 0 Å². The van der Waals surface area contributed by atoms with Gasteiger partial charge in [-0.3, -0.25) is 9.78 Å². The Balaban J connectivity index is 1.82. The molecular formula is C17H20N2O2S. The van der Waals surface area contributed by atoms with Crippen LogP contribution in [0, 0.1) is 5.92 Å². The number of aliphatic hydroxyl groups is 1. The highest BCUT2D eigenvalue weighted by Gasteiger charge is 2.14. The maximum absolute atomic E-state index is 12.2. The highest BCUT2D eigenvalue weighted by atomic mass is 32.2. The van der Waals surface area contributed by atoms with Crippen LogP contribution in [0.25, 0.3) is 0 Å². The van der Waals surface area contributed by atoms with E-state index in [0.29, 0.717) is 11.3 Å². The Labute approximate surface area is 135 Å². The molecule has 0 radical (unpaired) electrons. The number of thioether (sulfide) groups is 1. The first-order valence-corrected chi connectivity index (χ1v) is 8.32. The second-order valence-corrected chi connectivity index (χ2v) is 6.11. The summed E-state index contributed by atoms with van der Waals surface area (Å²) in [6.07, 6.45) is 3.16. The van der Waals surface area contributed by atoms with Crippen molar-refractivity contribution in [2.45, 2.75) is 19.3 Å². The van der Waals surface area contributed by atoms with Crippen molar-refractivity contribution in [2.24, 2.45) is 5.92 Å². The average molecular weight is 316 g/mol. The second kappa shape index (κ2) is 8.56. The van der Waals surface area contributed by atoms with E-state index in [9.17, 15) is 9.90 Å². The Morgan fingerprint density at radius 1 is 1.32 bits per heavy atom. The molecule has 1 aromatic carbocycles. The third-order valence-electron chi connectivity index (χ3n) is 3.27. The van der Waals surface area contributed by atoms with Crippen LogP contribution in [-0.4, -0.2) is 21.8 Å². The van der Waals surface area contributed by atoms with Gasteiger partial charge in [0.15, 0.2) is 0 Å². The molecular weight excluding hydrogens is 296 g/mol. The van der Waals surface area contributed by atoms with Crippen LogP contribution >= 0.6 is 11.8 Å². The van der Waals surface area contributed by atoms with Gasteiger partial charge in [0.05, 0.1) is 18.5 Å². The van der Waals surface area contributed by atoms with E-state index in [0.717, 1.165) is 11.5 Å². The van der Waals surface area contributed by atoms with Crippen LogP contribution in [0.5, 0.6) is 0 Å². The first kappa shape index (κ1) is 16.5. The summed E-state index contributed by atoms with van der Waals surface area (Å²) >= 11 is 1.74. The summed E-state index contributed by atoms with van der Waals surface area (Å²) in [5.41, 5.74) is 2.51. The van der Waals surface area contributed by atoms with Gasteiger partial charge in [-0.05, 0) is 11.6 Å². The largest absolute Gasteiger partial charge is 0.392 e. The molecule has 5 heteroatoms. The lowest BCUT2D eigenvalue weighted by molar-refractivity contribution is -0.118. The maximum Gasteiger partial charge on any atom is 0.228 e. The number of hydrogen-bond acceptors (Lipinski definition) is 4. The SMILES string of the molecule is CC(CSCc1ccccc1)C(=O)Nc1cnccc1CO. The lowest BCUT2D eigenvalue weighted by Gasteiger charge is -2.13. The van der Waals surface area contributed by atoms with Gasteiger partial charge in [0.25, 0.3) is 0 Å². The zero-order chi connectivity index (χ0) is 15.8. The van der Waals surface area contributed by atoms with Crippen LogP contribution in [-0.2, 0) is 17.2 Å². The summed E-state index contributed by atoms with van der Waals surface area (Å²) in [5.74, 6) is 1.48. The Morgan fingerprint density at radius 3 is 2.82 bits per heavy atom. The second-order valence-electron chi connectivity index (χ2n) is 5.08. The smallest absolute Gasteiger partial charge is 0.228 e. The van der Waals surface area contributed by atoms with Crippen LogP contribution in [0.1, 0.15) is 18.1 Å². The fourth-order valence-electron chi connectivity index (χ4n) is 1.93. The summed E-state index contributed by atoms with van der Waals surface area (Å²) in [5, 5.41) is 12.1. The molecule has 0 aliphatic carbocycles. The molecule has 0 spiro atoms. The van der Waals surface area contributed by atoms with E-state index in [1.165, 1.54) is 5.56 Å². The Morgan fingerprint density at radius 2 is 2.09 bits per heavy atom. The van der Waals surface area contributed by atoms with E-state index in [1.54, 1.807) is 30.2 Å². The van der Waals surface area contributed by atoms with Crippen molar-refractivity contribution in [3.05, 3.63) is 59.9 Å². The lowest BCUT2D eigenvalue weighted by atomic mass is 10.2. The van der Waals surface area contributed by atoms with Gasteiger partial charge in [-0.1, -0.05) is 37.3 Å². The third kappa shape index (κ3) is 4.86. The van der Waals surface area contributed by atoms with Crippen LogP contribution in [0.3, 0.4) is 0 Å². The number of aromatic nitrogens is 1. The van der Waals surface area contributed by atoms with E-state index < -0.39 is 0 Å². The predicted octanol–water partition coefficient (Wildman–Crippen LogP) is 3.08. The van der Waals surface area contributed by atoms with E-state index in [1.807, 2.05) is 25.1 Å². The zero-order valence-corrected chi connectivity index (χ0v) is 13.3. The zero-order valence-electron chi connectivity index (χ0n) is 12.5. The summed E-state index contributed by atoms with van der Waals surface area (Å²) < 4.78 is 0. The van der Waals surface area contributed by atoms with Crippen molar-refractivity contribution in [3.63, 3.8) is 0 Å². The molecule has 2 aromatic rings. The molecule has 1 unspecified atom stereocenters. The highest BCUT2D eigenvalue weighted by Crippen LogP contribution is 2.18. The number of amides is 1. The number of nitrogens with one attached hydrogen (secondary N) is 1. The van der Waals surface area contributed by atoms with Crippen molar-refractivity contribution in [1.29, 1.82) is 0 Å². The molecule has 2 rings (SSSR count). The number of carbonyl (C=O) groups is 1. The fourth-order valence-corrected chi connectivity index (χ4v) is 2.98. The van der Waals surface area contributed by atoms with Gasteiger partial charge in [-0.15, -0.1) is 0 Å². The molecule has 1 amide bonds. The van der Waals surface area contributed by atoms with Crippen LogP contribution in [0.4, 0.5) is 5.69 Å². The van der Waals surface area contributed by atoms with Gasteiger partial charge in [0.1, 0.15) is 0 Å². The first-order chi connectivity index (χ1) is 10.7. The Bertz CT molecular complexity index is 605. The van der Waals surface area contributed by atoms with Gasteiger partial charge >= 0.3 is 0 Å². The predicted molar refractivity (Wildman–Crippen MR) is 90.6 cm³/mol. The third-order valence-corrected chi connectivity index (χ3v) is 4.54. The molecule has 1 heterocycles. The minimum absolute atomic E-state index is 0.0525. The van der Waals surface area contributed by atoms with E-state index in [4.69, 9.17) is 0 Å². The molecule has 22 heavy (non-hydrogen) atoms. The standard InChI is InChI=1S/C17H20N2O2S/c1-13(11-22-12-14-5-3-2-4-6-14)17(21)19-16-9-18-8-7-15(16)10-20/h2-9,13,20H,10-12H2,1H3,(H,19,21). The Hall–Kier alpha value is -1.85. The van der Waals surface area contributed by atoms with Gasteiger partial charge < -0.3 is 10.4 Å². The Kier molecular flexibility index (Phi) is 6.43. The topological polar surface area (TPSA) is 62.2 Å². The lowest BCUT2D eigenvalue weighted by Crippen LogP contribution is -2.23. The van der Waals surface area contributed by atoms with E-state index >= 15 is 0 Å². The van der Waals surface area contributed by atoms with E-state index in [-0.39, 0.29) is 18.4 Å². The average Bonchev–Trinajstić information content (AvgIpc) is 2.56. The minimum atomic E-state index is -0.116. The number of anilines is 1. The van der Waals surface area contributed by atoms with Gasteiger partial charge in [0, 0.05) is 29.2 Å². The molecule has 4 nitrogen and oxygen atoms in total. The van der Waals surface area contributed by atoms with Gasteiger partial charge in [-0.2, -0.15) is 11.8 Å². The molecule has 0 fully saturated rings. The number of nitrogens with zero attached hydrogens (tertiary/aromatic N) is 1.